The zero-order valence-electron chi connectivity index (χ0n) is 11.4. The fourth-order valence-electron chi connectivity index (χ4n) is 2.44. The van der Waals surface area contributed by atoms with Crippen LogP contribution in [0.2, 0.25) is 0 Å². The van der Waals surface area contributed by atoms with Crippen LogP contribution in [-0.4, -0.2) is 22.9 Å². The molecule has 1 atom stereocenters. The molecule has 0 aliphatic rings. The minimum absolute atomic E-state index is 0.0112. The Hall–Kier alpha value is -2.10. The Morgan fingerprint density at radius 1 is 1.10 bits per heavy atom. The van der Waals surface area contributed by atoms with Crippen molar-refractivity contribution in [1.82, 2.24) is 7.96 Å². The third-order valence-electron chi connectivity index (χ3n) is 3.53. The van der Waals surface area contributed by atoms with Crippen LogP contribution in [0.3, 0.4) is 0 Å². The van der Waals surface area contributed by atoms with Crippen molar-refractivity contribution in [2.24, 2.45) is 0 Å². The number of furan rings is 1. The number of fused-ring (bicyclic) bond motifs is 2. The van der Waals surface area contributed by atoms with Crippen molar-refractivity contribution >= 4 is 42.7 Å². The van der Waals surface area contributed by atoms with Crippen LogP contribution in [0, 0.1) is 0 Å². The van der Waals surface area contributed by atoms with E-state index in [4.69, 9.17) is 4.42 Å². The van der Waals surface area contributed by atoms with Crippen molar-refractivity contribution in [3.63, 3.8) is 0 Å². The number of nitrogens with one attached hydrogen (secondary N) is 1. The Labute approximate surface area is 128 Å². The molecule has 5 heteroatoms. The molecule has 4 nitrogen and oxygen atoms in total. The summed E-state index contributed by atoms with van der Waals surface area (Å²) in [5.41, 5.74) is 3.89. The van der Waals surface area contributed by atoms with Crippen LogP contribution in [0.1, 0.15) is 18.7 Å². The molecule has 1 N–H and O–H groups in total. The van der Waals surface area contributed by atoms with Gasteiger partial charge >= 0.3 is 128 Å². The van der Waals surface area contributed by atoms with E-state index in [0.717, 1.165) is 33.5 Å². The van der Waals surface area contributed by atoms with Crippen LogP contribution < -0.4 is 5.32 Å². The maximum absolute atomic E-state index is 5.91. The van der Waals surface area contributed by atoms with E-state index in [0.29, 0.717) is 0 Å². The van der Waals surface area contributed by atoms with E-state index < -0.39 is 0 Å². The molecule has 4 aromatic rings. The predicted octanol–water partition coefficient (Wildman–Crippen LogP) is 3.61. The van der Waals surface area contributed by atoms with Crippen LogP contribution in [-0.2, 0) is 0 Å². The van der Waals surface area contributed by atoms with E-state index >= 15 is 0 Å². The fraction of sp³-hybridized carbons (Fsp3) is 0.125. The van der Waals surface area contributed by atoms with Gasteiger partial charge in [0.2, 0.25) is 0 Å². The number of aromatic nitrogens is 2. The monoisotopic (exact) mass is 343 g/mol. The molecule has 4 rings (SSSR count). The molecule has 2 aromatic carbocycles. The van der Waals surface area contributed by atoms with Crippen molar-refractivity contribution in [3.8, 4) is 0 Å². The van der Waals surface area contributed by atoms with Gasteiger partial charge in [-0.1, -0.05) is 0 Å². The first kappa shape index (κ1) is 12.6. The summed E-state index contributed by atoms with van der Waals surface area (Å²) in [6.45, 7) is 2.09. The van der Waals surface area contributed by atoms with Gasteiger partial charge in [0.05, 0.1) is 0 Å². The van der Waals surface area contributed by atoms with Gasteiger partial charge in [-0.2, -0.15) is 0 Å². The quantitative estimate of drug-likeness (QED) is 0.578. The second-order valence-corrected chi connectivity index (χ2v) is 6.10. The van der Waals surface area contributed by atoms with Gasteiger partial charge in [0.15, 0.2) is 0 Å². The van der Waals surface area contributed by atoms with Gasteiger partial charge < -0.3 is 0 Å². The summed E-state index contributed by atoms with van der Waals surface area (Å²) in [7, 11) is 0. The third-order valence-corrected chi connectivity index (χ3v) is 4.67. The Morgan fingerprint density at radius 2 is 2.00 bits per heavy atom. The van der Waals surface area contributed by atoms with Crippen molar-refractivity contribution in [3.05, 3.63) is 54.3 Å². The van der Waals surface area contributed by atoms with Gasteiger partial charge in [0.1, 0.15) is 0 Å². The Balaban J connectivity index is 1.68. The van der Waals surface area contributed by atoms with Gasteiger partial charge in [0.25, 0.3) is 0 Å². The second-order valence-electron chi connectivity index (χ2n) is 4.99. The topological polar surface area (TPSA) is 51.0 Å². The summed E-state index contributed by atoms with van der Waals surface area (Å²) in [6, 6.07) is 16.3. The molecule has 2 heterocycles. The van der Waals surface area contributed by atoms with Crippen molar-refractivity contribution in [2.45, 2.75) is 13.0 Å². The molecule has 0 fully saturated rings. The van der Waals surface area contributed by atoms with Crippen LogP contribution in [0.15, 0.2) is 52.9 Å². The number of hydrogen-bond acceptors (Lipinski definition) is 4. The first-order valence-corrected chi connectivity index (χ1v) is 8.31. The van der Waals surface area contributed by atoms with Crippen LogP contribution in [0.25, 0.3) is 22.0 Å². The molecule has 21 heavy (non-hydrogen) atoms. The van der Waals surface area contributed by atoms with Crippen molar-refractivity contribution < 1.29 is 4.42 Å². The zero-order valence-corrected chi connectivity index (χ0v) is 13.1. The molecular formula is C16H13N3OSe. The normalized spacial score (nSPS) is 12.8. The van der Waals surface area contributed by atoms with Crippen LogP contribution >= 0.6 is 0 Å². The number of rotatable bonds is 3. The Kier molecular flexibility index (Phi) is 3.02. The standard InChI is InChI=1S/C16H13N3OSe/c1-10(15-9-11-5-2-3-8-14(11)20-15)17-12-6-4-7-13-16(12)19-21-18-13/h2-10,17H,1H3. The van der Waals surface area contributed by atoms with Gasteiger partial charge in [-0.3, -0.25) is 0 Å². The zero-order chi connectivity index (χ0) is 14.2. The van der Waals surface area contributed by atoms with Crippen LogP contribution in [0.5, 0.6) is 0 Å². The van der Waals surface area contributed by atoms with Crippen LogP contribution in [0.4, 0.5) is 5.69 Å². The first-order chi connectivity index (χ1) is 10.3. The fourth-order valence-corrected chi connectivity index (χ4v) is 3.60. The predicted molar refractivity (Wildman–Crippen MR) is 84.7 cm³/mol. The molecule has 0 saturated carbocycles. The molecule has 0 spiro atoms. The molecule has 0 amide bonds. The number of nitrogens with zero attached hydrogens (tertiary/aromatic N) is 2. The number of hydrogen-bond donors (Lipinski definition) is 1. The van der Waals surface area contributed by atoms with E-state index in [1.54, 1.807) is 0 Å². The van der Waals surface area contributed by atoms with Crippen molar-refractivity contribution in [2.75, 3.05) is 5.32 Å². The SMILES string of the molecule is CC(Nc1cccc2n[se]nc12)c1cc2ccccc2o1. The van der Waals surface area contributed by atoms with E-state index in [9.17, 15) is 0 Å². The number of anilines is 1. The Bertz CT molecular complexity index is 879. The van der Waals surface area contributed by atoms with E-state index in [2.05, 4.69) is 32.3 Å². The third kappa shape index (κ3) is 2.24. The summed E-state index contributed by atoms with van der Waals surface area (Å²) in [4.78, 5) is 0. The molecule has 1 unspecified atom stereocenters. The Morgan fingerprint density at radius 3 is 2.90 bits per heavy atom. The summed E-state index contributed by atoms with van der Waals surface area (Å²) in [6.07, 6.45) is 0. The van der Waals surface area contributed by atoms with Gasteiger partial charge in [-0.25, -0.2) is 0 Å². The van der Waals surface area contributed by atoms with Gasteiger partial charge in [0, 0.05) is 0 Å². The maximum atomic E-state index is 5.91. The van der Waals surface area contributed by atoms with E-state index in [-0.39, 0.29) is 21.0 Å². The van der Waals surface area contributed by atoms with E-state index in [1.165, 1.54) is 0 Å². The van der Waals surface area contributed by atoms with Crippen molar-refractivity contribution in [1.29, 1.82) is 0 Å². The van der Waals surface area contributed by atoms with Gasteiger partial charge in [-0.05, 0) is 0 Å². The van der Waals surface area contributed by atoms with E-state index in [1.807, 2.05) is 36.4 Å². The molecule has 104 valence electrons. The summed E-state index contributed by atoms with van der Waals surface area (Å²) in [5.74, 6) is 0.925. The molecular weight excluding hydrogens is 329 g/mol. The molecule has 0 saturated heterocycles. The molecule has 0 aliphatic heterocycles. The summed E-state index contributed by atoms with van der Waals surface area (Å²) >= 11 is -0.0112. The molecule has 2 aromatic heterocycles. The van der Waals surface area contributed by atoms with Gasteiger partial charge in [-0.15, -0.1) is 0 Å². The average Bonchev–Trinajstić information content (AvgIpc) is 3.14. The average molecular weight is 342 g/mol. The summed E-state index contributed by atoms with van der Waals surface area (Å²) < 4.78 is 14.8. The molecule has 0 aliphatic carbocycles. The number of benzene rings is 2. The first-order valence-electron chi connectivity index (χ1n) is 6.77. The minimum atomic E-state index is -0.0112. The molecule has 0 radical (unpaired) electrons. The molecule has 0 bridgehead atoms. The second kappa shape index (κ2) is 5.02. The number of para-hydroxylation sites is 1. The summed E-state index contributed by atoms with van der Waals surface area (Å²) in [5, 5.41) is 4.61.